The first-order valence-electron chi connectivity index (χ1n) is 10.6. The van der Waals surface area contributed by atoms with Crippen LogP contribution in [0.5, 0.6) is 0 Å². The minimum absolute atomic E-state index is 0. The van der Waals surface area contributed by atoms with Crippen molar-refractivity contribution in [1.29, 1.82) is 0 Å². The lowest BCUT2D eigenvalue weighted by molar-refractivity contribution is -0.150. The van der Waals surface area contributed by atoms with Crippen LogP contribution in [-0.2, 0) is 26.8 Å². The summed E-state index contributed by atoms with van der Waals surface area (Å²) >= 11 is 0. The Labute approximate surface area is 243 Å². The Kier molecular flexibility index (Phi) is 28.5. The minimum Gasteiger partial charge on any atom is -0.328 e. The lowest BCUT2D eigenvalue weighted by Crippen LogP contribution is -2.40. The lowest BCUT2D eigenvalue weighted by Gasteiger charge is -2.22. The maximum atomic E-state index is 11.9. The molecule has 0 aromatic heterocycles. The Morgan fingerprint density at radius 3 is 1.18 bits per heavy atom. The first kappa shape index (κ1) is 51.6. The summed E-state index contributed by atoms with van der Waals surface area (Å²) < 4.78 is 126. The predicted molar refractivity (Wildman–Crippen MR) is 147 cm³/mol. The van der Waals surface area contributed by atoms with Gasteiger partial charge in [-0.2, -0.15) is 53.0 Å². The van der Waals surface area contributed by atoms with Crippen molar-refractivity contribution in [3.05, 3.63) is 0 Å². The fraction of sp³-hybridized carbons (Fsp3) is 0.950. The Morgan fingerprint density at radius 1 is 0.769 bits per heavy atom. The quantitative estimate of drug-likeness (QED) is 0.304. The van der Waals surface area contributed by atoms with E-state index in [0.717, 1.165) is 6.92 Å². The van der Waals surface area contributed by atoms with Crippen LogP contribution in [0.3, 0.4) is 0 Å². The number of nitrogens with one attached hydrogen (secondary N) is 1. The molecule has 0 saturated heterocycles. The Bertz CT molecular complexity index is 695. The monoisotopic (exact) mass is 675 g/mol. The molecule has 0 bridgehead atoms. The number of rotatable bonds is 5. The van der Waals surface area contributed by atoms with Crippen LogP contribution in [0.1, 0.15) is 81.6 Å². The second-order valence-electron chi connectivity index (χ2n) is 9.92. The van der Waals surface area contributed by atoms with Gasteiger partial charge in [0, 0.05) is 12.1 Å². The van der Waals surface area contributed by atoms with Gasteiger partial charge in [-0.1, -0.05) is 0 Å². The summed E-state index contributed by atoms with van der Waals surface area (Å²) in [7, 11) is -2.63. The highest BCUT2D eigenvalue weighted by molar-refractivity contribution is 7.84. The molecule has 0 heterocycles. The summed E-state index contributed by atoms with van der Waals surface area (Å²) in [4.78, 5) is 9.74. The average molecular weight is 676 g/mol. The van der Waals surface area contributed by atoms with E-state index in [-0.39, 0.29) is 30.6 Å². The molecule has 0 aromatic rings. The Morgan fingerprint density at radius 2 is 1.08 bits per heavy atom. The van der Waals surface area contributed by atoms with E-state index in [4.69, 9.17) is 10.9 Å². The zero-order valence-corrected chi connectivity index (χ0v) is 26.7. The number of halogens is 10. The number of alkyl halides is 9. The smallest absolute Gasteiger partial charge is 0.328 e. The molecule has 0 aliphatic heterocycles. The van der Waals surface area contributed by atoms with Gasteiger partial charge in [-0.15, -0.1) is 12.4 Å². The molecule has 0 aliphatic rings. The van der Waals surface area contributed by atoms with Crippen molar-refractivity contribution < 1.29 is 52.7 Å². The Balaban J connectivity index is -0.0000000956. The van der Waals surface area contributed by atoms with E-state index >= 15 is 0 Å². The third-order valence-corrected chi connectivity index (χ3v) is 5.94. The van der Waals surface area contributed by atoms with E-state index in [9.17, 15) is 52.7 Å². The molecule has 19 heteroatoms. The first-order valence-corrected chi connectivity index (χ1v) is 13.0. The van der Waals surface area contributed by atoms with Gasteiger partial charge >= 0.3 is 18.5 Å². The van der Waals surface area contributed by atoms with Gasteiger partial charge in [-0.25, -0.2) is 13.1 Å². The molecule has 0 spiro atoms. The van der Waals surface area contributed by atoms with Crippen LogP contribution in [0.2, 0.25) is 0 Å². The highest BCUT2D eigenvalue weighted by atomic mass is 35.5. The summed E-state index contributed by atoms with van der Waals surface area (Å²) in [5.41, 5.74) is 4.86. The number of carbonyl (C=O) groups is 1. The molecule has 6 nitrogen and oxygen atoms in total. The third-order valence-electron chi connectivity index (χ3n) is 3.01. The molecule has 0 aliphatic carbocycles. The van der Waals surface area contributed by atoms with Crippen LogP contribution in [0.4, 0.5) is 39.5 Å². The van der Waals surface area contributed by atoms with Gasteiger partial charge in [0.15, 0.2) is 0 Å². The molecule has 0 aromatic carbocycles. The normalized spacial score (nSPS) is 15.1. The summed E-state index contributed by atoms with van der Waals surface area (Å²) in [5, 5.41) is 5.04. The summed E-state index contributed by atoms with van der Waals surface area (Å²) in [6.07, 6.45) is -15.8. The van der Waals surface area contributed by atoms with E-state index in [2.05, 4.69) is 4.72 Å². The SMILES string of the molecule is CC(=O)CC(F)(F)F.CC(C)(C)[S@@](N)=O.C[C@@H](CC(F)(F)F)N[S@@](=O)C(C)(C)C.C[C@H](N)CC(F)(F)F.Cl.S. The molecule has 0 amide bonds. The van der Waals surface area contributed by atoms with Crippen molar-refractivity contribution in [2.24, 2.45) is 10.9 Å². The highest BCUT2D eigenvalue weighted by Crippen LogP contribution is 2.22. The molecule has 244 valence electrons. The molecule has 0 rings (SSSR count). The third kappa shape index (κ3) is 51.1. The van der Waals surface area contributed by atoms with Crippen molar-refractivity contribution >= 4 is 53.7 Å². The maximum Gasteiger partial charge on any atom is 0.395 e. The number of Topliss-reactive ketones (excluding diaryl/α,β-unsaturated/α-hetero) is 1. The van der Waals surface area contributed by atoms with Crippen molar-refractivity contribution in [1.82, 2.24) is 4.72 Å². The van der Waals surface area contributed by atoms with E-state index in [0.29, 0.717) is 0 Å². The summed E-state index contributed by atoms with van der Waals surface area (Å²) in [6, 6.07) is -1.61. The Hall–Kier alpha value is -0.140. The maximum absolute atomic E-state index is 11.9. The van der Waals surface area contributed by atoms with Crippen molar-refractivity contribution in [3.8, 4) is 0 Å². The highest BCUT2D eigenvalue weighted by Gasteiger charge is 2.32. The molecule has 0 saturated carbocycles. The zero-order chi connectivity index (χ0) is 31.2. The van der Waals surface area contributed by atoms with E-state index in [1.807, 2.05) is 20.8 Å². The molecule has 0 radical (unpaired) electrons. The van der Waals surface area contributed by atoms with Gasteiger partial charge in [-0.05, 0) is 62.3 Å². The zero-order valence-electron chi connectivity index (χ0n) is 23.3. The average Bonchev–Trinajstić information content (AvgIpc) is 2.47. The number of hydrogen-bond donors (Lipinski definition) is 3. The van der Waals surface area contributed by atoms with Gasteiger partial charge in [0.1, 0.15) is 12.2 Å². The van der Waals surface area contributed by atoms with Crippen molar-refractivity contribution in [3.63, 3.8) is 0 Å². The molecule has 0 fully saturated rings. The van der Waals surface area contributed by atoms with Crippen LogP contribution < -0.4 is 15.6 Å². The van der Waals surface area contributed by atoms with Gasteiger partial charge in [-0.3, -0.25) is 9.93 Å². The van der Waals surface area contributed by atoms with Crippen LogP contribution in [0.15, 0.2) is 0 Å². The molecular weight excluding hydrogens is 633 g/mol. The van der Waals surface area contributed by atoms with Crippen LogP contribution in [0.25, 0.3) is 0 Å². The first-order chi connectivity index (χ1) is 15.8. The summed E-state index contributed by atoms with van der Waals surface area (Å²) in [6.45, 7) is 14.2. The number of ketones is 1. The van der Waals surface area contributed by atoms with Gasteiger partial charge < -0.3 is 5.73 Å². The minimum atomic E-state index is -4.33. The van der Waals surface area contributed by atoms with Gasteiger partial charge in [0.05, 0.1) is 44.3 Å². The van der Waals surface area contributed by atoms with Gasteiger partial charge in [0.2, 0.25) is 0 Å². The van der Waals surface area contributed by atoms with Crippen molar-refractivity contribution in [2.45, 2.75) is 122 Å². The summed E-state index contributed by atoms with van der Waals surface area (Å²) in [5.74, 6) is -0.850. The number of carbonyl (C=O) groups excluding carboxylic acids is 1. The second kappa shape index (κ2) is 21.5. The second-order valence-corrected chi connectivity index (χ2v) is 13.7. The van der Waals surface area contributed by atoms with Crippen LogP contribution >= 0.6 is 25.9 Å². The molecular formula is C20H43ClF9N3O3S3. The number of hydrogen-bond acceptors (Lipinski definition) is 4. The fourth-order valence-electron chi connectivity index (χ4n) is 1.40. The van der Waals surface area contributed by atoms with E-state index in [1.165, 1.54) is 13.8 Å². The molecule has 5 N–H and O–H groups in total. The number of nitrogens with two attached hydrogens (primary N) is 2. The van der Waals surface area contributed by atoms with Crippen LogP contribution in [0, 0.1) is 0 Å². The standard InChI is InChI=1S/C8H16F3NOS.C4H8F3N.C4H5F3O.C4H11NOS.ClH.H2S/c1-6(5-8(9,10)11)12-14(13)7(2,3)4;2*1-3(8)2-4(5,6)7;1-4(2,3)7(5)6;;/h6,12H,5H2,1-4H3;3H,2,8H2,1H3;2H2,1H3;5H2,1-3H3;1H;1H2/t6-,14-;3-;;7-;;/m00.0../s1. The van der Waals surface area contributed by atoms with Crippen LogP contribution in [-0.4, -0.2) is 54.3 Å². The topological polar surface area (TPSA) is 115 Å². The largest absolute Gasteiger partial charge is 0.395 e. The van der Waals surface area contributed by atoms with Gasteiger partial charge in [0.25, 0.3) is 0 Å². The molecule has 0 unspecified atom stereocenters. The molecule has 39 heavy (non-hydrogen) atoms. The fourth-order valence-corrected chi connectivity index (χ4v) is 2.20. The van der Waals surface area contributed by atoms with E-state index in [1.54, 1.807) is 20.8 Å². The molecule has 4 atom stereocenters. The van der Waals surface area contributed by atoms with E-state index < -0.39 is 82.4 Å². The lowest BCUT2D eigenvalue weighted by atomic mass is 10.2. The van der Waals surface area contributed by atoms with Crippen molar-refractivity contribution in [2.75, 3.05) is 0 Å². The predicted octanol–water partition coefficient (Wildman–Crippen LogP) is 6.13.